The zero-order valence-corrected chi connectivity index (χ0v) is 7.78. The molecular weight excluding hydrogens is 176 g/mol. The van der Waals surface area contributed by atoms with E-state index in [2.05, 4.69) is 0 Å². The van der Waals surface area contributed by atoms with E-state index in [1.165, 1.54) is 0 Å². The highest BCUT2D eigenvalue weighted by atomic mass is 16.4. The number of aromatic carboxylic acids is 1. The average Bonchev–Trinajstić information content (AvgIpc) is 2.17. The van der Waals surface area contributed by atoms with Crippen molar-refractivity contribution in [3.8, 4) is 0 Å². The molecule has 0 saturated heterocycles. The first kappa shape index (κ1) is 8.75. The van der Waals surface area contributed by atoms with Crippen molar-refractivity contribution in [2.45, 2.75) is 6.92 Å². The molecule has 0 spiro atoms. The van der Waals surface area contributed by atoms with Crippen LogP contribution in [0.5, 0.6) is 0 Å². The quantitative estimate of drug-likeness (QED) is 0.675. The van der Waals surface area contributed by atoms with Crippen LogP contribution in [0.15, 0.2) is 36.4 Å². The van der Waals surface area contributed by atoms with E-state index in [9.17, 15) is 9.90 Å². The highest BCUT2D eigenvalue weighted by Gasteiger charge is 2.02. The smallest absolute Gasteiger partial charge is 0.0721 e. The summed E-state index contributed by atoms with van der Waals surface area (Å²) in [7, 11) is 0. The summed E-state index contributed by atoms with van der Waals surface area (Å²) in [6.07, 6.45) is 0. The molecule has 14 heavy (non-hydrogen) atoms. The molecular formula is C12H9O2-. The summed E-state index contributed by atoms with van der Waals surface area (Å²) in [5.41, 5.74) is 1.33. The topological polar surface area (TPSA) is 40.1 Å². The molecule has 70 valence electrons. The van der Waals surface area contributed by atoms with Crippen molar-refractivity contribution < 1.29 is 9.90 Å². The highest BCUT2D eigenvalue weighted by molar-refractivity contribution is 6.03. The molecule has 2 rings (SSSR count). The van der Waals surface area contributed by atoms with Crippen LogP contribution in [0.3, 0.4) is 0 Å². The summed E-state index contributed by atoms with van der Waals surface area (Å²) in [4.78, 5) is 10.8. The van der Waals surface area contributed by atoms with E-state index >= 15 is 0 Å². The molecule has 0 unspecified atom stereocenters. The van der Waals surface area contributed by atoms with Gasteiger partial charge in [-0.1, -0.05) is 36.4 Å². The van der Waals surface area contributed by atoms with Crippen molar-refractivity contribution >= 4 is 16.7 Å². The van der Waals surface area contributed by atoms with Crippen LogP contribution in [0, 0.1) is 6.92 Å². The first-order chi connectivity index (χ1) is 6.70. The van der Waals surface area contributed by atoms with Gasteiger partial charge in [0.1, 0.15) is 0 Å². The Morgan fingerprint density at radius 1 is 1.07 bits per heavy atom. The van der Waals surface area contributed by atoms with Gasteiger partial charge < -0.3 is 9.90 Å². The van der Waals surface area contributed by atoms with Gasteiger partial charge in [-0.2, -0.15) is 0 Å². The number of hydrogen-bond acceptors (Lipinski definition) is 2. The number of benzene rings is 2. The molecule has 0 N–H and O–H groups in total. The summed E-state index contributed by atoms with van der Waals surface area (Å²) >= 11 is 0. The van der Waals surface area contributed by atoms with Crippen LogP contribution in [0.1, 0.15) is 15.9 Å². The summed E-state index contributed by atoms with van der Waals surface area (Å²) in [6, 6.07) is 10.8. The molecule has 0 aliphatic carbocycles. The Morgan fingerprint density at radius 3 is 2.43 bits per heavy atom. The maximum Gasteiger partial charge on any atom is 0.0721 e. The zero-order chi connectivity index (χ0) is 10.1. The number of carboxylic acids is 1. The highest BCUT2D eigenvalue weighted by Crippen LogP contribution is 2.21. The number of rotatable bonds is 1. The molecule has 0 saturated carbocycles. The van der Waals surface area contributed by atoms with Crippen LogP contribution in [0.25, 0.3) is 10.8 Å². The average molecular weight is 185 g/mol. The summed E-state index contributed by atoms with van der Waals surface area (Å²) in [6.45, 7) is 1.96. The Bertz CT molecular complexity index is 501. The SMILES string of the molecule is Cc1cccc2c(C(=O)[O-])cccc12. The van der Waals surface area contributed by atoms with Gasteiger partial charge in [-0.25, -0.2) is 0 Å². The van der Waals surface area contributed by atoms with Gasteiger partial charge in [0, 0.05) is 5.56 Å². The van der Waals surface area contributed by atoms with Gasteiger partial charge in [-0.05, 0) is 23.3 Å². The van der Waals surface area contributed by atoms with E-state index in [0.29, 0.717) is 0 Å². The third-order valence-electron chi connectivity index (χ3n) is 2.36. The van der Waals surface area contributed by atoms with Gasteiger partial charge in [0.25, 0.3) is 0 Å². The lowest BCUT2D eigenvalue weighted by Crippen LogP contribution is -2.22. The minimum atomic E-state index is -1.12. The first-order valence-corrected chi connectivity index (χ1v) is 4.40. The third kappa shape index (κ3) is 1.25. The molecule has 2 nitrogen and oxygen atoms in total. The summed E-state index contributed by atoms with van der Waals surface area (Å²) < 4.78 is 0. The second-order valence-corrected chi connectivity index (χ2v) is 3.26. The van der Waals surface area contributed by atoms with E-state index in [1.54, 1.807) is 18.2 Å². The van der Waals surface area contributed by atoms with Crippen LogP contribution in [-0.4, -0.2) is 5.97 Å². The van der Waals surface area contributed by atoms with Gasteiger partial charge in [0.15, 0.2) is 0 Å². The number of fused-ring (bicyclic) bond motifs is 1. The predicted molar refractivity (Wildman–Crippen MR) is 53.0 cm³/mol. The Balaban J connectivity index is 2.88. The van der Waals surface area contributed by atoms with Crippen molar-refractivity contribution in [3.63, 3.8) is 0 Å². The van der Waals surface area contributed by atoms with Crippen LogP contribution >= 0.6 is 0 Å². The third-order valence-corrected chi connectivity index (χ3v) is 2.36. The molecule has 0 aromatic heterocycles. The maximum atomic E-state index is 10.8. The molecule has 0 aliphatic heterocycles. The van der Waals surface area contributed by atoms with Crippen molar-refractivity contribution in [3.05, 3.63) is 47.5 Å². The summed E-state index contributed by atoms with van der Waals surface area (Å²) in [5, 5.41) is 12.5. The Morgan fingerprint density at radius 2 is 1.71 bits per heavy atom. The fourth-order valence-corrected chi connectivity index (χ4v) is 1.65. The Hall–Kier alpha value is -1.83. The van der Waals surface area contributed by atoms with Gasteiger partial charge in [0.2, 0.25) is 0 Å². The van der Waals surface area contributed by atoms with Gasteiger partial charge in [-0.3, -0.25) is 0 Å². The largest absolute Gasteiger partial charge is 0.545 e. The molecule has 0 bridgehead atoms. The number of carboxylic acid groups (broad SMARTS) is 1. The standard InChI is InChI=1S/C12H10O2/c1-8-4-2-6-10-9(8)5-3-7-11(10)12(13)14/h2-7H,1H3,(H,13,14)/p-1. The van der Waals surface area contributed by atoms with Crippen LogP contribution < -0.4 is 5.11 Å². The normalized spacial score (nSPS) is 10.4. The number of aryl methyl sites for hydroxylation is 1. The zero-order valence-electron chi connectivity index (χ0n) is 7.78. The van der Waals surface area contributed by atoms with Gasteiger partial charge in [-0.15, -0.1) is 0 Å². The number of carbonyl (C=O) groups excluding carboxylic acids is 1. The second-order valence-electron chi connectivity index (χ2n) is 3.26. The lowest BCUT2D eigenvalue weighted by atomic mass is 10.0. The van der Waals surface area contributed by atoms with Gasteiger partial charge >= 0.3 is 0 Å². The van der Waals surface area contributed by atoms with Crippen molar-refractivity contribution in [1.29, 1.82) is 0 Å². The molecule has 2 aromatic rings. The molecule has 0 amide bonds. The lowest BCUT2D eigenvalue weighted by Gasteiger charge is -2.08. The molecule has 2 heteroatoms. The molecule has 0 atom stereocenters. The maximum absolute atomic E-state index is 10.8. The first-order valence-electron chi connectivity index (χ1n) is 4.40. The molecule has 0 fully saturated rings. The number of hydrogen-bond donors (Lipinski definition) is 0. The molecule has 2 aromatic carbocycles. The minimum Gasteiger partial charge on any atom is -0.545 e. The summed E-state index contributed by atoms with van der Waals surface area (Å²) in [5.74, 6) is -1.12. The minimum absolute atomic E-state index is 0.256. The monoisotopic (exact) mass is 185 g/mol. The molecule has 0 radical (unpaired) electrons. The Kier molecular flexibility index (Phi) is 1.97. The van der Waals surface area contributed by atoms with Crippen molar-refractivity contribution in [2.24, 2.45) is 0 Å². The van der Waals surface area contributed by atoms with E-state index in [1.807, 2.05) is 25.1 Å². The van der Waals surface area contributed by atoms with Crippen molar-refractivity contribution in [1.82, 2.24) is 0 Å². The number of carbonyl (C=O) groups is 1. The Labute approximate surface area is 81.8 Å². The van der Waals surface area contributed by atoms with E-state index in [-0.39, 0.29) is 5.56 Å². The van der Waals surface area contributed by atoms with Crippen LogP contribution in [0.2, 0.25) is 0 Å². The van der Waals surface area contributed by atoms with Gasteiger partial charge in [0.05, 0.1) is 5.97 Å². The lowest BCUT2D eigenvalue weighted by molar-refractivity contribution is -0.254. The van der Waals surface area contributed by atoms with Crippen molar-refractivity contribution in [2.75, 3.05) is 0 Å². The molecule has 0 aliphatic rings. The fraction of sp³-hybridized carbons (Fsp3) is 0.0833. The predicted octanol–water partition coefficient (Wildman–Crippen LogP) is 1.51. The second kappa shape index (κ2) is 3.14. The van der Waals surface area contributed by atoms with E-state index < -0.39 is 5.97 Å². The van der Waals surface area contributed by atoms with E-state index in [0.717, 1.165) is 16.3 Å². The van der Waals surface area contributed by atoms with Crippen LogP contribution in [-0.2, 0) is 0 Å². The van der Waals surface area contributed by atoms with E-state index in [4.69, 9.17) is 0 Å². The van der Waals surface area contributed by atoms with Crippen LogP contribution in [0.4, 0.5) is 0 Å². The fourth-order valence-electron chi connectivity index (χ4n) is 1.65. The molecule has 0 heterocycles.